The van der Waals surface area contributed by atoms with E-state index in [9.17, 15) is 4.79 Å². The number of amides is 1. The number of rotatable bonds is 5. The van der Waals surface area contributed by atoms with Gasteiger partial charge in [-0.15, -0.1) is 12.4 Å². The molecule has 1 saturated carbocycles. The third kappa shape index (κ3) is 7.07. The molecule has 0 spiro atoms. The van der Waals surface area contributed by atoms with E-state index in [4.69, 9.17) is 5.73 Å². The molecule has 96 valence electrons. The molecule has 0 aliphatic heterocycles. The maximum Gasteiger partial charge on any atom is 0.221 e. The Morgan fingerprint density at radius 2 is 2.00 bits per heavy atom. The predicted molar refractivity (Wildman–Crippen MR) is 69.7 cm³/mol. The smallest absolute Gasteiger partial charge is 0.221 e. The highest BCUT2D eigenvalue weighted by molar-refractivity contribution is 5.85. The molecule has 16 heavy (non-hydrogen) atoms. The van der Waals surface area contributed by atoms with Gasteiger partial charge in [0, 0.05) is 19.0 Å². The molecule has 0 bridgehead atoms. The van der Waals surface area contributed by atoms with Gasteiger partial charge in [-0.05, 0) is 19.3 Å². The van der Waals surface area contributed by atoms with Crippen LogP contribution in [0.15, 0.2) is 0 Å². The Morgan fingerprint density at radius 1 is 1.38 bits per heavy atom. The second-order valence-corrected chi connectivity index (χ2v) is 4.82. The van der Waals surface area contributed by atoms with Crippen molar-refractivity contribution in [2.45, 2.75) is 57.9 Å². The molecule has 1 aliphatic rings. The largest absolute Gasteiger partial charge is 0.356 e. The zero-order valence-corrected chi connectivity index (χ0v) is 11.0. The van der Waals surface area contributed by atoms with Crippen molar-refractivity contribution in [3.05, 3.63) is 0 Å². The van der Waals surface area contributed by atoms with Gasteiger partial charge >= 0.3 is 0 Å². The lowest BCUT2D eigenvalue weighted by Crippen LogP contribution is -2.31. The molecule has 3 nitrogen and oxygen atoms in total. The van der Waals surface area contributed by atoms with E-state index in [-0.39, 0.29) is 24.4 Å². The third-order valence-corrected chi connectivity index (χ3v) is 3.11. The summed E-state index contributed by atoms with van der Waals surface area (Å²) < 4.78 is 0. The first-order valence-electron chi connectivity index (χ1n) is 6.20. The minimum absolute atomic E-state index is 0. The number of hydrogen-bond acceptors (Lipinski definition) is 2. The molecule has 1 fully saturated rings. The van der Waals surface area contributed by atoms with Crippen molar-refractivity contribution in [1.82, 2.24) is 5.32 Å². The number of nitrogens with two attached hydrogens (primary N) is 1. The molecule has 1 amide bonds. The summed E-state index contributed by atoms with van der Waals surface area (Å²) in [5.41, 5.74) is 5.55. The van der Waals surface area contributed by atoms with Crippen LogP contribution in [0.1, 0.15) is 51.9 Å². The normalized spacial score (nSPS) is 18.6. The summed E-state index contributed by atoms with van der Waals surface area (Å²) in [6.07, 6.45) is 8.44. The summed E-state index contributed by atoms with van der Waals surface area (Å²) in [5.74, 6) is 0.940. The van der Waals surface area contributed by atoms with Crippen molar-refractivity contribution in [3.63, 3.8) is 0 Å². The van der Waals surface area contributed by atoms with Crippen molar-refractivity contribution in [3.8, 4) is 0 Å². The maximum absolute atomic E-state index is 11.3. The summed E-state index contributed by atoms with van der Waals surface area (Å²) >= 11 is 0. The van der Waals surface area contributed by atoms with E-state index in [1.807, 2.05) is 6.92 Å². The Labute approximate surface area is 105 Å². The number of carbonyl (C=O) groups excluding carboxylic acids is 1. The lowest BCUT2D eigenvalue weighted by molar-refractivity contribution is -0.121. The zero-order chi connectivity index (χ0) is 11.1. The van der Waals surface area contributed by atoms with Crippen LogP contribution >= 0.6 is 12.4 Å². The summed E-state index contributed by atoms with van der Waals surface area (Å²) in [6.45, 7) is 2.69. The predicted octanol–water partition coefficient (Wildman–Crippen LogP) is 2.23. The molecular weight excluding hydrogens is 224 g/mol. The molecular formula is C12H25ClN2O. The van der Waals surface area contributed by atoms with Gasteiger partial charge in [0.1, 0.15) is 0 Å². The Kier molecular flexibility index (Phi) is 8.67. The fraction of sp³-hybridized carbons (Fsp3) is 0.917. The van der Waals surface area contributed by atoms with E-state index in [0.29, 0.717) is 6.42 Å². The number of carbonyl (C=O) groups is 1. The standard InChI is InChI=1S/C12H24N2O.ClH/c1-10(13)9-12(15)14-8-7-11-5-3-2-4-6-11;/h10-11H,2-9,13H2,1H3,(H,14,15);1H. The fourth-order valence-electron chi connectivity index (χ4n) is 2.26. The van der Waals surface area contributed by atoms with E-state index in [2.05, 4.69) is 5.32 Å². The van der Waals surface area contributed by atoms with E-state index >= 15 is 0 Å². The molecule has 0 heterocycles. The van der Waals surface area contributed by atoms with Crippen LogP contribution in [0.2, 0.25) is 0 Å². The molecule has 0 radical (unpaired) electrons. The van der Waals surface area contributed by atoms with Gasteiger partial charge in [-0.1, -0.05) is 32.1 Å². The molecule has 3 N–H and O–H groups in total. The fourth-order valence-corrected chi connectivity index (χ4v) is 2.26. The second-order valence-electron chi connectivity index (χ2n) is 4.82. The van der Waals surface area contributed by atoms with Crippen LogP contribution in [-0.4, -0.2) is 18.5 Å². The first-order chi connectivity index (χ1) is 7.18. The van der Waals surface area contributed by atoms with Crippen LogP contribution in [0.3, 0.4) is 0 Å². The Morgan fingerprint density at radius 3 is 2.56 bits per heavy atom. The van der Waals surface area contributed by atoms with Crippen molar-refractivity contribution in [1.29, 1.82) is 0 Å². The van der Waals surface area contributed by atoms with Crippen LogP contribution in [0.4, 0.5) is 0 Å². The van der Waals surface area contributed by atoms with E-state index in [1.54, 1.807) is 0 Å². The maximum atomic E-state index is 11.3. The second kappa shape index (κ2) is 8.82. The lowest BCUT2D eigenvalue weighted by atomic mass is 9.87. The summed E-state index contributed by atoms with van der Waals surface area (Å²) in [7, 11) is 0. The Hall–Kier alpha value is -0.280. The van der Waals surface area contributed by atoms with Crippen molar-refractivity contribution < 1.29 is 4.79 Å². The summed E-state index contributed by atoms with van der Waals surface area (Å²) in [6, 6.07) is -0.0281. The van der Waals surface area contributed by atoms with Gasteiger partial charge in [0.15, 0.2) is 0 Å². The number of halogens is 1. The highest BCUT2D eigenvalue weighted by Crippen LogP contribution is 2.25. The van der Waals surface area contributed by atoms with Crippen LogP contribution < -0.4 is 11.1 Å². The molecule has 0 saturated heterocycles. The summed E-state index contributed by atoms with van der Waals surface area (Å²) in [4.78, 5) is 11.3. The molecule has 0 aromatic rings. The minimum Gasteiger partial charge on any atom is -0.356 e. The Balaban J connectivity index is 0.00000225. The van der Waals surface area contributed by atoms with Crippen LogP contribution in [0, 0.1) is 5.92 Å². The van der Waals surface area contributed by atoms with Crippen molar-refractivity contribution >= 4 is 18.3 Å². The van der Waals surface area contributed by atoms with Crippen LogP contribution in [-0.2, 0) is 4.79 Å². The van der Waals surface area contributed by atoms with Crippen molar-refractivity contribution in [2.24, 2.45) is 11.7 Å². The summed E-state index contributed by atoms with van der Waals surface area (Å²) in [5, 5.41) is 2.94. The van der Waals surface area contributed by atoms with E-state index < -0.39 is 0 Å². The molecule has 0 aromatic carbocycles. The van der Waals surface area contributed by atoms with Crippen LogP contribution in [0.25, 0.3) is 0 Å². The molecule has 1 atom stereocenters. The van der Waals surface area contributed by atoms with Gasteiger partial charge in [-0.3, -0.25) is 4.79 Å². The third-order valence-electron chi connectivity index (χ3n) is 3.11. The SMILES string of the molecule is CC(N)CC(=O)NCCC1CCCCC1.Cl. The van der Waals surface area contributed by atoms with Gasteiger partial charge in [0.2, 0.25) is 5.91 Å². The lowest BCUT2D eigenvalue weighted by Gasteiger charge is -2.21. The first kappa shape index (κ1) is 15.7. The quantitative estimate of drug-likeness (QED) is 0.784. The van der Waals surface area contributed by atoms with E-state index in [1.165, 1.54) is 32.1 Å². The molecule has 1 unspecified atom stereocenters. The van der Waals surface area contributed by atoms with Gasteiger partial charge in [0.05, 0.1) is 0 Å². The Bertz CT molecular complexity index is 191. The topological polar surface area (TPSA) is 55.1 Å². The van der Waals surface area contributed by atoms with E-state index in [0.717, 1.165) is 18.9 Å². The average Bonchev–Trinajstić information content (AvgIpc) is 2.18. The number of hydrogen-bond donors (Lipinski definition) is 2. The monoisotopic (exact) mass is 248 g/mol. The van der Waals surface area contributed by atoms with Crippen LogP contribution in [0.5, 0.6) is 0 Å². The van der Waals surface area contributed by atoms with Crippen molar-refractivity contribution in [2.75, 3.05) is 6.54 Å². The molecule has 1 aliphatic carbocycles. The number of nitrogens with one attached hydrogen (secondary N) is 1. The van der Waals surface area contributed by atoms with Gasteiger partial charge in [-0.25, -0.2) is 0 Å². The minimum atomic E-state index is -0.0281. The first-order valence-corrected chi connectivity index (χ1v) is 6.20. The van der Waals surface area contributed by atoms with Gasteiger partial charge in [-0.2, -0.15) is 0 Å². The average molecular weight is 249 g/mol. The highest BCUT2D eigenvalue weighted by atomic mass is 35.5. The highest BCUT2D eigenvalue weighted by Gasteiger charge is 2.13. The molecule has 4 heteroatoms. The van der Waals surface area contributed by atoms with Gasteiger partial charge < -0.3 is 11.1 Å². The molecule has 0 aromatic heterocycles. The molecule has 1 rings (SSSR count). The van der Waals surface area contributed by atoms with Gasteiger partial charge in [0.25, 0.3) is 0 Å². The zero-order valence-electron chi connectivity index (χ0n) is 10.2.